The van der Waals surface area contributed by atoms with Crippen molar-refractivity contribution in [1.82, 2.24) is 4.57 Å². The molecule has 164 valence electrons. The summed E-state index contributed by atoms with van der Waals surface area (Å²) in [4.78, 5) is 12.7. The fourth-order valence-corrected chi connectivity index (χ4v) is 4.98. The summed E-state index contributed by atoms with van der Waals surface area (Å²) in [7, 11) is -0.724. The quantitative estimate of drug-likeness (QED) is 0.420. The number of aromatic nitrogens is 1. The van der Waals surface area contributed by atoms with E-state index in [-0.39, 0.29) is 21.2 Å². The number of carbonyl (C=O) groups excluding carboxylic acids is 1. The Bertz CT molecular complexity index is 1430. The Labute approximate surface area is 190 Å². The van der Waals surface area contributed by atoms with Crippen LogP contribution in [0.1, 0.15) is 10.4 Å². The van der Waals surface area contributed by atoms with Gasteiger partial charge in [-0.05, 0) is 48.5 Å². The lowest BCUT2D eigenvalue weighted by molar-refractivity contribution is 0.102. The van der Waals surface area contributed by atoms with E-state index in [1.54, 1.807) is 30.3 Å². The highest BCUT2D eigenvalue weighted by Gasteiger charge is 2.22. The number of methoxy groups -OCH3 is 1. The van der Waals surface area contributed by atoms with Crippen LogP contribution in [0.25, 0.3) is 10.9 Å². The van der Waals surface area contributed by atoms with Crippen molar-refractivity contribution in [2.24, 2.45) is 7.05 Å². The summed E-state index contributed by atoms with van der Waals surface area (Å²) in [5, 5.41) is 3.72. The van der Waals surface area contributed by atoms with E-state index in [1.165, 1.54) is 25.3 Å². The van der Waals surface area contributed by atoms with Crippen molar-refractivity contribution in [2.75, 3.05) is 17.1 Å². The molecule has 32 heavy (non-hydrogen) atoms. The monoisotopic (exact) mass is 469 g/mol. The first-order valence-corrected chi connectivity index (χ1v) is 11.5. The number of nitrogens with zero attached hydrogens (tertiary/aromatic N) is 1. The number of hydrogen-bond donors (Lipinski definition) is 2. The molecule has 0 aliphatic heterocycles. The van der Waals surface area contributed by atoms with Gasteiger partial charge in [-0.25, -0.2) is 8.42 Å². The molecule has 7 nitrogen and oxygen atoms in total. The average Bonchev–Trinajstić information content (AvgIpc) is 3.16. The molecule has 0 saturated heterocycles. The van der Waals surface area contributed by atoms with E-state index in [0.717, 1.165) is 10.9 Å². The van der Waals surface area contributed by atoms with Crippen LogP contribution in [0.2, 0.25) is 5.02 Å². The standard InChI is InChI=1S/C23H20ClN3O4S/c1-27-13-12-16-18(7-5-8-20(16)27)25-23(28)15-10-11-17(24)22(14-15)32(29,30)26-19-6-3-4-9-21(19)31-2/h3-14,26H,1-2H3,(H,25,28). The van der Waals surface area contributed by atoms with Crippen LogP contribution < -0.4 is 14.8 Å². The lowest BCUT2D eigenvalue weighted by Crippen LogP contribution is -2.17. The Balaban J connectivity index is 1.65. The van der Waals surface area contributed by atoms with Crippen LogP contribution in [0.15, 0.2) is 77.8 Å². The third-order valence-corrected chi connectivity index (χ3v) is 6.86. The zero-order valence-electron chi connectivity index (χ0n) is 17.3. The zero-order valence-corrected chi connectivity index (χ0v) is 18.9. The van der Waals surface area contributed by atoms with E-state index in [1.807, 2.05) is 36.0 Å². The SMILES string of the molecule is COc1ccccc1NS(=O)(=O)c1cc(C(=O)Nc2cccc3c2ccn3C)ccc1Cl. The van der Waals surface area contributed by atoms with Crippen LogP contribution in [0.4, 0.5) is 11.4 Å². The number of amides is 1. The first-order valence-electron chi connectivity index (χ1n) is 9.61. The summed E-state index contributed by atoms with van der Waals surface area (Å²) in [6.07, 6.45) is 1.90. The third kappa shape index (κ3) is 4.15. The first kappa shape index (κ1) is 21.7. The summed E-state index contributed by atoms with van der Waals surface area (Å²) in [6, 6.07) is 18.2. The Kier molecular flexibility index (Phi) is 5.82. The van der Waals surface area contributed by atoms with Crippen molar-refractivity contribution in [3.8, 4) is 5.75 Å². The van der Waals surface area contributed by atoms with E-state index < -0.39 is 15.9 Å². The van der Waals surface area contributed by atoms with Crippen LogP contribution in [0.3, 0.4) is 0 Å². The molecule has 4 rings (SSSR count). The maximum Gasteiger partial charge on any atom is 0.263 e. The maximum atomic E-state index is 13.0. The fraction of sp³-hybridized carbons (Fsp3) is 0.0870. The number of fused-ring (bicyclic) bond motifs is 1. The van der Waals surface area contributed by atoms with Crippen molar-refractivity contribution >= 4 is 49.8 Å². The van der Waals surface area contributed by atoms with Gasteiger partial charge in [0.2, 0.25) is 0 Å². The fourth-order valence-electron chi connectivity index (χ4n) is 3.39. The van der Waals surface area contributed by atoms with Gasteiger partial charge in [-0.1, -0.05) is 29.8 Å². The number of sulfonamides is 1. The zero-order chi connectivity index (χ0) is 22.9. The highest BCUT2D eigenvalue weighted by molar-refractivity contribution is 7.92. The number of benzene rings is 3. The molecular weight excluding hydrogens is 450 g/mol. The molecule has 0 aliphatic rings. The predicted octanol–water partition coefficient (Wildman–Crippen LogP) is 4.89. The normalized spacial score (nSPS) is 11.3. The van der Waals surface area contributed by atoms with E-state index >= 15 is 0 Å². The Hall–Kier alpha value is -3.49. The lowest BCUT2D eigenvalue weighted by Gasteiger charge is -2.13. The average molecular weight is 470 g/mol. The van der Waals surface area contributed by atoms with Crippen LogP contribution >= 0.6 is 11.6 Å². The molecular formula is C23H20ClN3O4S. The molecule has 2 N–H and O–H groups in total. The molecule has 0 bridgehead atoms. The Morgan fingerprint density at radius 2 is 1.75 bits per heavy atom. The number of rotatable bonds is 6. The second-order valence-corrected chi connectivity index (χ2v) is 9.13. The molecule has 0 fully saturated rings. The van der Waals surface area contributed by atoms with Gasteiger partial charge in [0, 0.05) is 29.7 Å². The maximum absolute atomic E-state index is 13.0. The number of para-hydroxylation sites is 2. The van der Waals surface area contributed by atoms with Gasteiger partial charge in [-0.2, -0.15) is 0 Å². The smallest absolute Gasteiger partial charge is 0.263 e. The Morgan fingerprint density at radius 3 is 2.53 bits per heavy atom. The second kappa shape index (κ2) is 8.57. The van der Waals surface area contributed by atoms with Crippen molar-refractivity contribution in [1.29, 1.82) is 0 Å². The van der Waals surface area contributed by atoms with Gasteiger partial charge in [0.1, 0.15) is 10.6 Å². The van der Waals surface area contributed by atoms with Gasteiger partial charge >= 0.3 is 0 Å². The molecule has 1 amide bonds. The third-order valence-electron chi connectivity index (χ3n) is 5.01. The summed E-state index contributed by atoms with van der Waals surface area (Å²) in [5.74, 6) is -0.0937. The van der Waals surface area contributed by atoms with Crippen LogP contribution in [-0.2, 0) is 17.1 Å². The summed E-state index contributed by atoms with van der Waals surface area (Å²) >= 11 is 6.18. The minimum absolute atomic E-state index is 0.00545. The molecule has 0 radical (unpaired) electrons. The molecule has 0 saturated carbocycles. The van der Waals surface area contributed by atoms with Crippen LogP contribution in [-0.4, -0.2) is 26.0 Å². The number of anilines is 2. The van der Waals surface area contributed by atoms with E-state index in [9.17, 15) is 13.2 Å². The molecule has 3 aromatic carbocycles. The molecule has 0 aliphatic carbocycles. The van der Waals surface area contributed by atoms with Crippen molar-refractivity contribution in [2.45, 2.75) is 4.90 Å². The number of aryl methyl sites for hydroxylation is 1. The molecule has 9 heteroatoms. The van der Waals surface area contributed by atoms with E-state index in [2.05, 4.69) is 10.0 Å². The molecule has 1 aromatic heterocycles. The minimum atomic E-state index is -4.08. The molecule has 0 atom stereocenters. The number of ether oxygens (including phenoxy) is 1. The first-order chi connectivity index (χ1) is 15.3. The molecule has 4 aromatic rings. The number of hydrogen-bond acceptors (Lipinski definition) is 4. The van der Waals surface area contributed by atoms with E-state index in [4.69, 9.17) is 16.3 Å². The highest BCUT2D eigenvalue weighted by Crippen LogP contribution is 2.30. The van der Waals surface area contributed by atoms with Gasteiger partial charge in [0.05, 0.1) is 23.5 Å². The molecule has 0 spiro atoms. The van der Waals surface area contributed by atoms with Gasteiger partial charge in [0.15, 0.2) is 0 Å². The summed E-state index contributed by atoms with van der Waals surface area (Å²) < 4.78 is 35.6. The Morgan fingerprint density at radius 1 is 1.00 bits per heavy atom. The predicted molar refractivity (Wildman–Crippen MR) is 126 cm³/mol. The van der Waals surface area contributed by atoms with Crippen LogP contribution in [0.5, 0.6) is 5.75 Å². The lowest BCUT2D eigenvalue weighted by atomic mass is 10.2. The number of nitrogens with one attached hydrogen (secondary N) is 2. The second-order valence-electron chi connectivity index (χ2n) is 7.07. The molecule has 1 heterocycles. The summed E-state index contributed by atoms with van der Waals surface area (Å²) in [6.45, 7) is 0. The summed E-state index contributed by atoms with van der Waals surface area (Å²) in [5.41, 5.74) is 2.00. The van der Waals surface area contributed by atoms with Crippen molar-refractivity contribution in [3.63, 3.8) is 0 Å². The van der Waals surface area contributed by atoms with Gasteiger partial charge < -0.3 is 14.6 Å². The topological polar surface area (TPSA) is 89.4 Å². The number of carbonyl (C=O) groups is 1. The van der Waals surface area contributed by atoms with E-state index in [0.29, 0.717) is 11.4 Å². The van der Waals surface area contributed by atoms with Gasteiger partial charge in [-0.3, -0.25) is 9.52 Å². The van der Waals surface area contributed by atoms with Gasteiger partial charge in [0.25, 0.3) is 15.9 Å². The van der Waals surface area contributed by atoms with Crippen molar-refractivity contribution < 1.29 is 17.9 Å². The molecule has 0 unspecified atom stereocenters. The number of halogens is 1. The van der Waals surface area contributed by atoms with Crippen LogP contribution in [0, 0.1) is 0 Å². The van der Waals surface area contributed by atoms with Gasteiger partial charge in [-0.15, -0.1) is 0 Å². The van der Waals surface area contributed by atoms with Crippen molar-refractivity contribution in [3.05, 3.63) is 83.5 Å². The largest absolute Gasteiger partial charge is 0.495 e. The highest BCUT2D eigenvalue weighted by atomic mass is 35.5. The minimum Gasteiger partial charge on any atom is -0.495 e.